The maximum Gasteiger partial charge on any atom is 0.291 e. The maximum absolute atomic E-state index is 14.8. The summed E-state index contributed by atoms with van der Waals surface area (Å²) in [6, 6.07) is 26.8. The van der Waals surface area contributed by atoms with Crippen LogP contribution >= 0.6 is 11.6 Å². The minimum Gasteiger partial charge on any atom is -0.450 e. The first-order valence-electron chi connectivity index (χ1n) is 12.7. The van der Waals surface area contributed by atoms with Gasteiger partial charge in [0.05, 0.1) is 23.2 Å². The predicted octanol–water partition coefficient (Wildman–Crippen LogP) is 6.03. The van der Waals surface area contributed by atoms with Crippen LogP contribution in [0.2, 0.25) is 5.02 Å². The Morgan fingerprint density at radius 1 is 0.775 bits per heavy atom. The van der Waals surface area contributed by atoms with Gasteiger partial charge in [0, 0.05) is 22.7 Å². The number of carbonyl (C=O) groups excluding carboxylic acids is 2. The van der Waals surface area contributed by atoms with Crippen molar-refractivity contribution >= 4 is 40.1 Å². The van der Waals surface area contributed by atoms with Crippen LogP contribution in [0.1, 0.15) is 32.8 Å². The number of para-hydroxylation sites is 2. The molecule has 0 bridgehead atoms. The third kappa shape index (κ3) is 3.24. The van der Waals surface area contributed by atoms with Crippen LogP contribution in [0.3, 0.4) is 0 Å². The lowest BCUT2D eigenvalue weighted by molar-refractivity contribution is -0.126. The SMILES string of the molecule is O=C1c2oc3ccccc3c(=O)c2C2(C(=O)N(Cc3ccccc3F)c3ccccc32)N1Cc1ccccc1Cl. The number of amides is 2. The van der Waals surface area contributed by atoms with Gasteiger partial charge in [-0.3, -0.25) is 14.4 Å². The summed E-state index contributed by atoms with van der Waals surface area (Å²) >= 11 is 6.50. The molecule has 3 heterocycles. The highest BCUT2D eigenvalue weighted by Crippen LogP contribution is 2.53. The highest BCUT2D eigenvalue weighted by atomic mass is 35.5. The molecule has 5 aromatic rings. The molecule has 0 saturated carbocycles. The number of carbonyl (C=O) groups is 2. The van der Waals surface area contributed by atoms with Gasteiger partial charge in [-0.2, -0.15) is 0 Å². The molecule has 0 fully saturated rings. The molecule has 4 aromatic carbocycles. The Kier molecular flexibility index (Phi) is 5.40. The molecular weight excluding hydrogens is 531 g/mol. The fourth-order valence-electron chi connectivity index (χ4n) is 5.91. The summed E-state index contributed by atoms with van der Waals surface area (Å²) in [6.07, 6.45) is 0. The van der Waals surface area contributed by atoms with E-state index in [2.05, 4.69) is 0 Å². The standard InChI is InChI=1S/C32H20ClFN2O4/c33-23-13-5-1-9-19(23)18-36-30(38)29-27(28(37)21-11-3-8-16-26(21)40-29)32(36)22-12-4-7-15-25(22)35(31(32)39)17-20-10-2-6-14-24(20)34/h1-16H,17-18H2. The number of fused-ring (bicyclic) bond motifs is 5. The van der Waals surface area contributed by atoms with Gasteiger partial charge in [0.25, 0.3) is 11.8 Å². The van der Waals surface area contributed by atoms with Crippen LogP contribution < -0.4 is 10.3 Å². The van der Waals surface area contributed by atoms with E-state index in [0.29, 0.717) is 27.4 Å². The van der Waals surface area contributed by atoms with E-state index in [-0.39, 0.29) is 35.4 Å². The molecule has 40 heavy (non-hydrogen) atoms. The Labute approximate surface area is 232 Å². The molecular formula is C32H20ClFN2O4. The van der Waals surface area contributed by atoms with E-state index in [1.807, 2.05) is 0 Å². The van der Waals surface area contributed by atoms with Gasteiger partial charge in [-0.05, 0) is 35.9 Å². The number of nitrogens with zero attached hydrogens (tertiary/aromatic N) is 2. The number of hydrogen-bond donors (Lipinski definition) is 0. The van der Waals surface area contributed by atoms with Crippen molar-refractivity contribution < 1.29 is 18.4 Å². The highest BCUT2D eigenvalue weighted by molar-refractivity contribution is 6.31. The van der Waals surface area contributed by atoms with E-state index in [0.717, 1.165) is 0 Å². The van der Waals surface area contributed by atoms with Crippen LogP contribution in [-0.4, -0.2) is 16.7 Å². The molecule has 0 N–H and O–H groups in total. The third-order valence-electron chi connectivity index (χ3n) is 7.72. The van der Waals surface area contributed by atoms with Crippen molar-refractivity contribution in [3.8, 4) is 0 Å². The van der Waals surface area contributed by atoms with E-state index < -0.39 is 28.6 Å². The zero-order valence-corrected chi connectivity index (χ0v) is 21.7. The van der Waals surface area contributed by atoms with E-state index in [9.17, 15) is 18.8 Å². The number of rotatable bonds is 4. The van der Waals surface area contributed by atoms with Crippen LogP contribution in [0.5, 0.6) is 0 Å². The summed E-state index contributed by atoms with van der Waals surface area (Å²) in [5.74, 6) is -1.80. The summed E-state index contributed by atoms with van der Waals surface area (Å²) < 4.78 is 20.8. The van der Waals surface area contributed by atoms with Gasteiger partial charge >= 0.3 is 0 Å². The molecule has 0 aliphatic carbocycles. The van der Waals surface area contributed by atoms with Crippen LogP contribution in [0.4, 0.5) is 10.1 Å². The van der Waals surface area contributed by atoms with Crippen molar-refractivity contribution in [3.05, 3.63) is 146 Å². The molecule has 1 unspecified atom stereocenters. The Bertz CT molecular complexity index is 1940. The largest absolute Gasteiger partial charge is 0.450 e. The summed E-state index contributed by atoms with van der Waals surface area (Å²) in [6.45, 7) is -0.154. The minimum atomic E-state index is -1.84. The molecule has 1 aromatic heterocycles. The fraction of sp³-hybridized carbons (Fsp3) is 0.0938. The van der Waals surface area contributed by atoms with Crippen LogP contribution in [0.25, 0.3) is 11.0 Å². The summed E-state index contributed by atoms with van der Waals surface area (Å²) in [5.41, 5.74) is -0.283. The lowest BCUT2D eigenvalue weighted by Gasteiger charge is -2.34. The van der Waals surface area contributed by atoms with Gasteiger partial charge in [-0.1, -0.05) is 78.3 Å². The van der Waals surface area contributed by atoms with Crippen LogP contribution in [-0.2, 0) is 23.4 Å². The molecule has 0 radical (unpaired) electrons. The maximum atomic E-state index is 14.8. The molecule has 1 atom stereocenters. The average Bonchev–Trinajstić information content (AvgIpc) is 3.36. The van der Waals surface area contributed by atoms with E-state index in [1.54, 1.807) is 91.0 Å². The third-order valence-corrected chi connectivity index (χ3v) is 8.08. The Balaban J connectivity index is 1.53. The molecule has 0 saturated heterocycles. The second kappa shape index (κ2) is 8.89. The fourth-order valence-corrected chi connectivity index (χ4v) is 6.11. The molecule has 7 rings (SSSR count). The van der Waals surface area contributed by atoms with E-state index >= 15 is 0 Å². The molecule has 6 nitrogen and oxygen atoms in total. The van der Waals surface area contributed by atoms with Gasteiger partial charge in [-0.15, -0.1) is 0 Å². The van der Waals surface area contributed by atoms with Crippen LogP contribution in [0.15, 0.2) is 106 Å². The van der Waals surface area contributed by atoms with Gasteiger partial charge in [0.1, 0.15) is 11.4 Å². The number of benzene rings is 4. The number of anilines is 1. The first-order valence-corrected chi connectivity index (χ1v) is 13.1. The Morgan fingerprint density at radius 2 is 1.45 bits per heavy atom. The first kappa shape index (κ1) is 24.3. The quantitative estimate of drug-likeness (QED) is 0.274. The van der Waals surface area contributed by atoms with Crippen molar-refractivity contribution in [2.24, 2.45) is 0 Å². The molecule has 1 spiro atoms. The van der Waals surface area contributed by atoms with E-state index in [4.69, 9.17) is 16.0 Å². The van der Waals surface area contributed by atoms with Crippen molar-refractivity contribution in [2.45, 2.75) is 18.6 Å². The van der Waals surface area contributed by atoms with Gasteiger partial charge in [0.15, 0.2) is 11.0 Å². The smallest absolute Gasteiger partial charge is 0.291 e. The number of hydrogen-bond acceptors (Lipinski definition) is 4. The molecule has 2 aliphatic rings. The second-order valence-electron chi connectivity index (χ2n) is 9.82. The molecule has 8 heteroatoms. The first-order chi connectivity index (χ1) is 19.4. The van der Waals surface area contributed by atoms with E-state index in [1.165, 1.54) is 15.9 Å². The zero-order valence-electron chi connectivity index (χ0n) is 20.9. The monoisotopic (exact) mass is 550 g/mol. The van der Waals surface area contributed by atoms with Crippen molar-refractivity contribution in [1.29, 1.82) is 0 Å². The second-order valence-corrected chi connectivity index (χ2v) is 10.2. The summed E-state index contributed by atoms with van der Waals surface area (Å²) in [5, 5.41) is 0.665. The summed E-state index contributed by atoms with van der Waals surface area (Å²) in [4.78, 5) is 45.9. The molecule has 196 valence electrons. The molecule has 2 amide bonds. The lowest BCUT2D eigenvalue weighted by atomic mass is 9.83. The zero-order chi connectivity index (χ0) is 27.6. The summed E-state index contributed by atoms with van der Waals surface area (Å²) in [7, 11) is 0. The predicted molar refractivity (Wildman–Crippen MR) is 149 cm³/mol. The number of halogens is 2. The van der Waals surface area contributed by atoms with Crippen LogP contribution in [0, 0.1) is 5.82 Å². The topological polar surface area (TPSA) is 70.8 Å². The minimum absolute atomic E-state index is 0.0447. The normalized spacial score (nSPS) is 17.6. The van der Waals surface area contributed by atoms with Crippen molar-refractivity contribution in [1.82, 2.24) is 4.90 Å². The highest BCUT2D eigenvalue weighted by Gasteiger charge is 2.65. The van der Waals surface area contributed by atoms with Gasteiger partial charge < -0.3 is 14.2 Å². The van der Waals surface area contributed by atoms with Crippen molar-refractivity contribution in [3.63, 3.8) is 0 Å². The Hall–Kier alpha value is -4.75. The average molecular weight is 551 g/mol. The van der Waals surface area contributed by atoms with Gasteiger partial charge in [0.2, 0.25) is 5.76 Å². The molecule has 2 aliphatic heterocycles. The lowest BCUT2D eigenvalue weighted by Crippen LogP contribution is -2.53. The van der Waals surface area contributed by atoms with Crippen molar-refractivity contribution in [2.75, 3.05) is 4.90 Å². The Morgan fingerprint density at radius 3 is 2.25 bits per heavy atom. The van der Waals surface area contributed by atoms with Gasteiger partial charge in [-0.25, -0.2) is 4.39 Å².